The molecule has 1 atom stereocenters. The lowest BCUT2D eigenvalue weighted by Gasteiger charge is -2.27. The maximum Gasteiger partial charge on any atom is 0.251 e. The second-order valence-corrected chi connectivity index (χ2v) is 10.3. The van der Waals surface area contributed by atoms with Crippen LogP contribution in [0.15, 0.2) is 47.4 Å². The molecule has 2 aliphatic rings. The number of carbonyl (C=O) groups is 2. The van der Waals surface area contributed by atoms with Crippen molar-refractivity contribution in [3.63, 3.8) is 0 Å². The Morgan fingerprint density at radius 2 is 1.85 bits per heavy atom. The van der Waals surface area contributed by atoms with E-state index in [-0.39, 0.29) is 29.0 Å². The van der Waals surface area contributed by atoms with Crippen LogP contribution >= 0.6 is 0 Å². The fourth-order valence-corrected chi connectivity index (χ4v) is 5.00. The molecule has 1 saturated heterocycles. The SMILES string of the molecule is CN(C)S(=O)(=O)c1cccc(C(=O)NCC(=O)N2CCC[C@H]2c2ccc3c(c2)OCCO3)c1. The Bertz CT molecular complexity index is 1160. The summed E-state index contributed by atoms with van der Waals surface area (Å²) >= 11 is 0. The van der Waals surface area contributed by atoms with E-state index in [0.717, 1.165) is 22.7 Å². The number of fused-ring (bicyclic) bond motifs is 1. The summed E-state index contributed by atoms with van der Waals surface area (Å²) in [5, 5.41) is 2.62. The molecule has 1 N–H and O–H groups in total. The van der Waals surface area contributed by atoms with Crippen molar-refractivity contribution in [3.05, 3.63) is 53.6 Å². The molecular formula is C23H27N3O6S. The molecule has 0 bridgehead atoms. The zero-order valence-corrected chi connectivity index (χ0v) is 19.4. The average Bonchev–Trinajstić information content (AvgIpc) is 3.32. The third-order valence-corrected chi connectivity index (χ3v) is 7.61. The molecule has 0 unspecified atom stereocenters. The van der Waals surface area contributed by atoms with Gasteiger partial charge in [0.15, 0.2) is 11.5 Å². The van der Waals surface area contributed by atoms with E-state index < -0.39 is 15.9 Å². The van der Waals surface area contributed by atoms with Crippen molar-refractivity contribution in [1.82, 2.24) is 14.5 Å². The highest BCUT2D eigenvalue weighted by molar-refractivity contribution is 7.89. The predicted molar refractivity (Wildman–Crippen MR) is 121 cm³/mol. The standard InChI is InChI=1S/C23H27N3O6S/c1-25(2)33(29,30)18-6-3-5-17(13-18)23(28)24-15-22(27)26-10-4-7-19(26)16-8-9-20-21(14-16)32-12-11-31-20/h3,5-6,8-9,13-14,19H,4,7,10-12,15H2,1-2H3,(H,24,28)/t19-/m0/s1. The van der Waals surface area contributed by atoms with E-state index >= 15 is 0 Å². The first-order chi connectivity index (χ1) is 15.8. The van der Waals surface area contributed by atoms with Crippen LogP contribution in [0.4, 0.5) is 0 Å². The monoisotopic (exact) mass is 473 g/mol. The molecule has 176 valence electrons. The van der Waals surface area contributed by atoms with Gasteiger partial charge in [-0.1, -0.05) is 12.1 Å². The molecule has 0 aliphatic carbocycles. The largest absolute Gasteiger partial charge is 0.486 e. The van der Waals surface area contributed by atoms with Crippen LogP contribution in [0.3, 0.4) is 0 Å². The van der Waals surface area contributed by atoms with Crippen LogP contribution in [-0.4, -0.2) is 69.8 Å². The first-order valence-corrected chi connectivity index (χ1v) is 12.2. The van der Waals surface area contributed by atoms with Crippen molar-refractivity contribution < 1.29 is 27.5 Å². The number of hydrogen-bond acceptors (Lipinski definition) is 6. The zero-order chi connectivity index (χ0) is 23.6. The minimum absolute atomic E-state index is 0.0182. The van der Waals surface area contributed by atoms with Gasteiger partial charge in [0, 0.05) is 26.2 Å². The van der Waals surface area contributed by atoms with E-state index in [2.05, 4.69) is 5.32 Å². The van der Waals surface area contributed by atoms with Crippen LogP contribution in [-0.2, 0) is 14.8 Å². The van der Waals surface area contributed by atoms with Crippen molar-refractivity contribution in [2.75, 3.05) is 40.4 Å². The van der Waals surface area contributed by atoms with Gasteiger partial charge in [-0.25, -0.2) is 12.7 Å². The van der Waals surface area contributed by atoms with Gasteiger partial charge in [0.25, 0.3) is 5.91 Å². The van der Waals surface area contributed by atoms with Gasteiger partial charge in [-0.05, 0) is 48.7 Å². The van der Waals surface area contributed by atoms with Crippen molar-refractivity contribution in [3.8, 4) is 11.5 Å². The van der Waals surface area contributed by atoms with Gasteiger partial charge in [0.2, 0.25) is 15.9 Å². The minimum atomic E-state index is -3.66. The summed E-state index contributed by atoms with van der Waals surface area (Å²) in [6.07, 6.45) is 1.69. The maximum absolute atomic E-state index is 12.9. The molecule has 0 aromatic heterocycles. The van der Waals surface area contributed by atoms with Gasteiger partial charge < -0.3 is 19.7 Å². The Kier molecular flexibility index (Phi) is 6.57. The van der Waals surface area contributed by atoms with E-state index in [1.807, 2.05) is 18.2 Å². The number of nitrogens with one attached hydrogen (secondary N) is 1. The van der Waals surface area contributed by atoms with Gasteiger partial charge in [0.05, 0.1) is 17.5 Å². The van der Waals surface area contributed by atoms with E-state index in [9.17, 15) is 18.0 Å². The van der Waals surface area contributed by atoms with Crippen LogP contribution in [0.1, 0.15) is 34.8 Å². The van der Waals surface area contributed by atoms with Gasteiger partial charge in [-0.3, -0.25) is 9.59 Å². The number of sulfonamides is 1. The van der Waals surface area contributed by atoms with Gasteiger partial charge in [-0.2, -0.15) is 0 Å². The Hall–Kier alpha value is -3.11. The summed E-state index contributed by atoms with van der Waals surface area (Å²) in [7, 11) is -0.812. The first kappa shape index (κ1) is 23.1. The first-order valence-electron chi connectivity index (χ1n) is 10.8. The third-order valence-electron chi connectivity index (χ3n) is 5.80. The number of benzene rings is 2. The number of carbonyl (C=O) groups excluding carboxylic acids is 2. The van der Waals surface area contributed by atoms with Crippen LogP contribution in [0.2, 0.25) is 0 Å². The number of nitrogens with zero attached hydrogens (tertiary/aromatic N) is 2. The smallest absolute Gasteiger partial charge is 0.251 e. The molecule has 2 aromatic carbocycles. The van der Waals surface area contributed by atoms with Crippen molar-refractivity contribution in [2.45, 2.75) is 23.8 Å². The van der Waals surface area contributed by atoms with Crippen LogP contribution < -0.4 is 14.8 Å². The van der Waals surface area contributed by atoms with Crippen molar-refractivity contribution >= 4 is 21.8 Å². The summed E-state index contributed by atoms with van der Waals surface area (Å²) in [6, 6.07) is 11.4. The molecule has 2 heterocycles. The van der Waals surface area contributed by atoms with Crippen LogP contribution in [0, 0.1) is 0 Å². The maximum atomic E-state index is 12.9. The molecule has 2 amide bonds. The second kappa shape index (κ2) is 9.40. The fourth-order valence-electron chi connectivity index (χ4n) is 4.05. The summed E-state index contributed by atoms with van der Waals surface area (Å²) in [5.41, 5.74) is 1.15. The molecule has 4 rings (SSSR count). The van der Waals surface area contributed by atoms with Crippen molar-refractivity contribution in [1.29, 1.82) is 0 Å². The molecule has 2 aliphatic heterocycles. The predicted octanol–water partition coefficient (Wildman–Crippen LogP) is 1.80. The molecule has 10 heteroatoms. The summed E-state index contributed by atoms with van der Waals surface area (Å²) in [5.74, 6) is 0.678. The highest BCUT2D eigenvalue weighted by atomic mass is 32.2. The zero-order valence-electron chi connectivity index (χ0n) is 18.6. The van der Waals surface area contributed by atoms with E-state index in [4.69, 9.17) is 9.47 Å². The molecule has 0 radical (unpaired) electrons. The number of likely N-dealkylation sites (tertiary alicyclic amines) is 1. The Balaban J connectivity index is 1.42. The summed E-state index contributed by atoms with van der Waals surface area (Å²) in [6.45, 7) is 1.44. The molecule has 0 spiro atoms. The summed E-state index contributed by atoms with van der Waals surface area (Å²) in [4.78, 5) is 27.3. The Morgan fingerprint density at radius 3 is 2.61 bits per heavy atom. The van der Waals surface area contributed by atoms with Crippen LogP contribution in [0.5, 0.6) is 11.5 Å². The topological polar surface area (TPSA) is 105 Å². The van der Waals surface area contributed by atoms with Crippen LogP contribution in [0.25, 0.3) is 0 Å². The number of hydrogen-bond donors (Lipinski definition) is 1. The minimum Gasteiger partial charge on any atom is -0.486 e. The van der Waals surface area contributed by atoms with E-state index in [0.29, 0.717) is 31.3 Å². The van der Waals surface area contributed by atoms with E-state index in [1.54, 1.807) is 4.90 Å². The highest BCUT2D eigenvalue weighted by Gasteiger charge is 2.31. The van der Waals surface area contributed by atoms with Gasteiger partial charge in [0.1, 0.15) is 13.2 Å². The number of amides is 2. The van der Waals surface area contributed by atoms with Crippen molar-refractivity contribution in [2.24, 2.45) is 0 Å². The third kappa shape index (κ3) is 4.81. The lowest BCUT2D eigenvalue weighted by molar-refractivity contribution is -0.131. The molecule has 1 fully saturated rings. The average molecular weight is 474 g/mol. The second-order valence-electron chi connectivity index (χ2n) is 8.15. The fraction of sp³-hybridized carbons (Fsp3) is 0.391. The molecule has 9 nitrogen and oxygen atoms in total. The van der Waals surface area contributed by atoms with E-state index in [1.165, 1.54) is 38.4 Å². The highest BCUT2D eigenvalue weighted by Crippen LogP contribution is 2.38. The summed E-state index contributed by atoms with van der Waals surface area (Å²) < 4.78 is 37.0. The molecule has 33 heavy (non-hydrogen) atoms. The quantitative estimate of drug-likeness (QED) is 0.686. The Labute approximate surface area is 193 Å². The van der Waals surface area contributed by atoms with Gasteiger partial charge >= 0.3 is 0 Å². The normalized spacial score (nSPS) is 17.8. The molecule has 2 aromatic rings. The Morgan fingerprint density at radius 1 is 1.09 bits per heavy atom. The number of rotatable bonds is 6. The van der Waals surface area contributed by atoms with Gasteiger partial charge in [-0.15, -0.1) is 0 Å². The lowest BCUT2D eigenvalue weighted by atomic mass is 10.0. The molecule has 0 saturated carbocycles. The number of ether oxygens (including phenoxy) is 2. The molecular weight excluding hydrogens is 446 g/mol. The lowest BCUT2D eigenvalue weighted by Crippen LogP contribution is -2.40.